The van der Waals surface area contributed by atoms with Crippen molar-refractivity contribution in [2.75, 3.05) is 6.54 Å². The first-order valence-electron chi connectivity index (χ1n) is 9.09. The van der Waals surface area contributed by atoms with E-state index >= 15 is 0 Å². The minimum Gasteiger partial charge on any atom is -0.508 e. The van der Waals surface area contributed by atoms with Gasteiger partial charge in [0.2, 0.25) is 0 Å². The zero-order valence-electron chi connectivity index (χ0n) is 15.2. The number of amides is 1. The van der Waals surface area contributed by atoms with Crippen LogP contribution in [0.1, 0.15) is 24.0 Å². The zero-order valence-corrected chi connectivity index (χ0v) is 16.0. The molecule has 9 heteroatoms. The van der Waals surface area contributed by atoms with E-state index in [4.69, 9.17) is 0 Å². The van der Waals surface area contributed by atoms with E-state index in [9.17, 15) is 31.5 Å². The topological polar surface area (TPSA) is 74.7 Å². The van der Waals surface area contributed by atoms with Crippen LogP contribution in [0.4, 0.5) is 13.2 Å². The number of phenolic OH excluding ortho intramolecular Hbond substituents is 1. The van der Waals surface area contributed by atoms with E-state index in [1.165, 1.54) is 30.3 Å². The molecule has 0 spiro atoms. The van der Waals surface area contributed by atoms with E-state index in [0.29, 0.717) is 16.0 Å². The van der Waals surface area contributed by atoms with Gasteiger partial charge < -0.3 is 10.0 Å². The highest BCUT2D eigenvalue weighted by Gasteiger charge is 2.63. The molecule has 4 rings (SSSR count). The van der Waals surface area contributed by atoms with Gasteiger partial charge in [-0.25, -0.2) is 8.42 Å². The predicted octanol–water partition coefficient (Wildman–Crippen LogP) is 3.17. The molecule has 1 N–H and O–H groups in total. The molecule has 1 aliphatic heterocycles. The SMILES string of the molecule is O=C(N1CCC2(S(=O)(=O)c3ccccc3)c3ccc(O)cc3CCC12)C(F)(F)F. The number of hydrogen-bond donors (Lipinski definition) is 1. The first-order chi connectivity index (χ1) is 13.6. The van der Waals surface area contributed by atoms with Crippen LogP contribution in [0, 0.1) is 0 Å². The number of carbonyl (C=O) groups excluding carboxylic acids is 1. The molecular weight excluding hydrogens is 407 g/mol. The molecule has 0 saturated carbocycles. The van der Waals surface area contributed by atoms with Gasteiger partial charge in [-0.15, -0.1) is 0 Å². The highest BCUT2D eigenvalue weighted by atomic mass is 32.2. The molecule has 5 nitrogen and oxygen atoms in total. The molecule has 0 radical (unpaired) electrons. The summed E-state index contributed by atoms with van der Waals surface area (Å²) in [7, 11) is -4.14. The number of rotatable bonds is 2. The molecule has 1 heterocycles. The summed E-state index contributed by atoms with van der Waals surface area (Å²) in [6, 6.07) is 10.7. The number of fused-ring (bicyclic) bond motifs is 3. The van der Waals surface area contributed by atoms with Crippen LogP contribution < -0.4 is 0 Å². The molecule has 2 aromatic rings. The molecule has 0 aromatic heterocycles. The van der Waals surface area contributed by atoms with Gasteiger partial charge in [0.05, 0.1) is 10.9 Å². The standard InChI is InChI=1S/C20H18F3NO4S/c21-20(22,23)18(26)24-11-10-19(29(27,28)15-4-2-1-3-5-15)16-8-7-14(25)12-13(16)6-9-17(19)24/h1-5,7-8,12,17,25H,6,9-11H2. The third-order valence-corrected chi connectivity index (χ3v) is 8.45. The number of aryl methyl sites for hydroxylation is 1. The van der Waals surface area contributed by atoms with Crippen LogP contribution in [0.5, 0.6) is 5.75 Å². The van der Waals surface area contributed by atoms with Crippen molar-refractivity contribution in [2.24, 2.45) is 0 Å². The average Bonchev–Trinajstić information content (AvgIpc) is 3.08. The molecule has 29 heavy (non-hydrogen) atoms. The van der Waals surface area contributed by atoms with Crippen LogP contribution in [0.15, 0.2) is 53.4 Å². The molecular formula is C20H18F3NO4S. The summed E-state index contributed by atoms with van der Waals surface area (Å²) in [4.78, 5) is 12.7. The Morgan fingerprint density at radius 3 is 2.48 bits per heavy atom. The second kappa shape index (κ2) is 6.48. The van der Waals surface area contributed by atoms with E-state index < -0.39 is 32.7 Å². The number of nitrogens with zero attached hydrogens (tertiary/aromatic N) is 1. The van der Waals surface area contributed by atoms with Crippen LogP contribution in [0.3, 0.4) is 0 Å². The van der Waals surface area contributed by atoms with Crippen LogP contribution in [0.2, 0.25) is 0 Å². The van der Waals surface area contributed by atoms with Crippen molar-refractivity contribution in [2.45, 2.75) is 41.1 Å². The van der Waals surface area contributed by atoms with Crippen molar-refractivity contribution in [3.63, 3.8) is 0 Å². The summed E-state index contributed by atoms with van der Waals surface area (Å²) in [5, 5.41) is 9.82. The lowest BCUT2D eigenvalue weighted by atomic mass is 9.78. The molecule has 2 atom stereocenters. The largest absolute Gasteiger partial charge is 0.508 e. The lowest BCUT2D eigenvalue weighted by molar-refractivity contribution is -0.186. The molecule has 1 saturated heterocycles. The number of alkyl halides is 3. The van der Waals surface area contributed by atoms with E-state index in [1.54, 1.807) is 18.2 Å². The minimum absolute atomic E-state index is 0.00719. The molecule has 1 fully saturated rings. The lowest BCUT2D eigenvalue weighted by Gasteiger charge is -2.42. The Bertz CT molecular complexity index is 1070. The van der Waals surface area contributed by atoms with Gasteiger partial charge in [-0.05, 0) is 54.7 Å². The summed E-state index contributed by atoms with van der Waals surface area (Å²) in [5.41, 5.74) is 0.926. The lowest BCUT2D eigenvalue weighted by Crippen LogP contribution is -2.54. The van der Waals surface area contributed by atoms with Crippen molar-refractivity contribution in [1.29, 1.82) is 0 Å². The number of carbonyl (C=O) groups is 1. The van der Waals surface area contributed by atoms with Gasteiger partial charge in [0.1, 0.15) is 10.5 Å². The molecule has 2 aromatic carbocycles. The van der Waals surface area contributed by atoms with Gasteiger partial charge in [-0.1, -0.05) is 24.3 Å². The van der Waals surface area contributed by atoms with E-state index in [2.05, 4.69) is 0 Å². The normalized spacial score (nSPS) is 24.1. The fourth-order valence-corrected chi connectivity index (χ4v) is 7.12. The molecule has 0 bridgehead atoms. The van der Waals surface area contributed by atoms with Crippen molar-refractivity contribution >= 4 is 15.7 Å². The summed E-state index contributed by atoms with van der Waals surface area (Å²) < 4.78 is 65.4. The van der Waals surface area contributed by atoms with Crippen molar-refractivity contribution < 1.29 is 31.5 Å². The summed E-state index contributed by atoms with van der Waals surface area (Å²) in [6.07, 6.45) is -4.90. The fraction of sp³-hybridized carbons (Fsp3) is 0.350. The predicted molar refractivity (Wildman–Crippen MR) is 97.9 cm³/mol. The number of hydrogen-bond acceptors (Lipinski definition) is 4. The van der Waals surface area contributed by atoms with Crippen LogP contribution in [0.25, 0.3) is 0 Å². The second-order valence-corrected chi connectivity index (χ2v) is 9.55. The van der Waals surface area contributed by atoms with Crippen molar-refractivity contribution in [3.05, 3.63) is 59.7 Å². The van der Waals surface area contributed by atoms with E-state index in [0.717, 1.165) is 0 Å². The highest BCUT2D eigenvalue weighted by Crippen LogP contribution is 2.53. The molecule has 154 valence electrons. The van der Waals surface area contributed by atoms with Gasteiger partial charge in [-0.3, -0.25) is 4.79 Å². The van der Waals surface area contributed by atoms with Crippen LogP contribution in [-0.4, -0.2) is 43.1 Å². The Morgan fingerprint density at radius 2 is 1.83 bits per heavy atom. The summed E-state index contributed by atoms with van der Waals surface area (Å²) in [6.45, 7) is -0.310. The van der Waals surface area contributed by atoms with Gasteiger partial charge in [-0.2, -0.15) is 13.2 Å². The van der Waals surface area contributed by atoms with Gasteiger partial charge >= 0.3 is 12.1 Å². The number of sulfone groups is 1. The Morgan fingerprint density at radius 1 is 1.14 bits per heavy atom. The van der Waals surface area contributed by atoms with E-state index in [1.807, 2.05) is 0 Å². The highest BCUT2D eigenvalue weighted by molar-refractivity contribution is 7.92. The number of benzene rings is 2. The maximum absolute atomic E-state index is 13.8. The Balaban J connectivity index is 1.95. The minimum atomic E-state index is -5.08. The Hall–Kier alpha value is -2.55. The summed E-state index contributed by atoms with van der Waals surface area (Å²) in [5.74, 6) is -2.06. The Labute approximate surface area is 165 Å². The molecule has 2 unspecified atom stereocenters. The maximum Gasteiger partial charge on any atom is 0.471 e. The van der Waals surface area contributed by atoms with Crippen molar-refractivity contribution in [1.82, 2.24) is 4.90 Å². The number of halogens is 3. The zero-order chi connectivity index (χ0) is 21.0. The van der Waals surface area contributed by atoms with Gasteiger partial charge in [0.25, 0.3) is 0 Å². The third-order valence-electron chi connectivity index (χ3n) is 5.91. The molecule has 1 amide bonds. The quantitative estimate of drug-likeness (QED) is 0.802. The van der Waals surface area contributed by atoms with Crippen LogP contribution in [-0.2, 0) is 25.8 Å². The van der Waals surface area contributed by atoms with E-state index in [-0.39, 0.29) is 36.5 Å². The summed E-state index contributed by atoms with van der Waals surface area (Å²) >= 11 is 0. The average molecular weight is 425 g/mol. The molecule has 1 aliphatic carbocycles. The number of likely N-dealkylation sites (tertiary alicyclic amines) is 1. The van der Waals surface area contributed by atoms with Gasteiger partial charge in [0.15, 0.2) is 9.84 Å². The first kappa shape index (κ1) is 19.8. The fourth-order valence-electron chi connectivity index (χ4n) is 4.73. The smallest absolute Gasteiger partial charge is 0.471 e. The number of phenols is 1. The van der Waals surface area contributed by atoms with Gasteiger partial charge in [0, 0.05) is 6.54 Å². The monoisotopic (exact) mass is 425 g/mol. The second-order valence-electron chi connectivity index (χ2n) is 7.35. The van der Waals surface area contributed by atoms with Crippen LogP contribution >= 0.6 is 0 Å². The number of aromatic hydroxyl groups is 1. The Kier molecular flexibility index (Phi) is 4.41. The maximum atomic E-state index is 13.8. The van der Waals surface area contributed by atoms with Crippen molar-refractivity contribution in [3.8, 4) is 5.75 Å². The third kappa shape index (κ3) is 2.82. The first-order valence-corrected chi connectivity index (χ1v) is 10.6. The molecule has 2 aliphatic rings.